The summed E-state index contributed by atoms with van der Waals surface area (Å²) in [6, 6.07) is 2.59. The average Bonchev–Trinajstić information content (AvgIpc) is 2.59. The highest BCUT2D eigenvalue weighted by atomic mass is 35.5. The molecule has 1 aromatic carbocycles. The fraction of sp³-hybridized carbons (Fsp3) is 0.143. The summed E-state index contributed by atoms with van der Waals surface area (Å²) >= 11 is 5.39. The van der Waals surface area contributed by atoms with E-state index in [2.05, 4.69) is 4.74 Å². The van der Waals surface area contributed by atoms with Crippen molar-refractivity contribution >= 4 is 17.6 Å². The number of hydrogen-bond acceptors (Lipinski definition) is 6. The molecule has 0 saturated carbocycles. The molecule has 0 saturated heterocycles. The van der Waals surface area contributed by atoms with Crippen LogP contribution in [0, 0.1) is 17.1 Å². The molecule has 2 N–H and O–H groups in total. The first kappa shape index (κ1) is 20.0. The van der Waals surface area contributed by atoms with Crippen molar-refractivity contribution in [1.29, 1.82) is 5.26 Å². The molecule has 0 aliphatic carbocycles. The summed E-state index contributed by atoms with van der Waals surface area (Å²) in [5.41, 5.74) is -7.42. The van der Waals surface area contributed by atoms with E-state index in [1.807, 2.05) is 0 Å². The number of hydrogen-bond donors (Lipinski definition) is 1. The molecule has 0 bridgehead atoms. The number of halogens is 5. The molecular formula is C14H7ClF4N4O4. The molecule has 27 heavy (non-hydrogen) atoms. The van der Waals surface area contributed by atoms with Gasteiger partial charge in [0.2, 0.25) is 0 Å². The topological polar surface area (TPSA) is 120 Å². The molecule has 0 spiro atoms. The van der Waals surface area contributed by atoms with Crippen molar-refractivity contribution in [2.75, 3.05) is 13.0 Å². The lowest BCUT2D eigenvalue weighted by atomic mass is 10.1. The third-order valence-electron chi connectivity index (χ3n) is 3.36. The second kappa shape index (κ2) is 6.76. The van der Waals surface area contributed by atoms with Crippen molar-refractivity contribution in [3.8, 4) is 11.8 Å². The second-order valence-electron chi connectivity index (χ2n) is 4.91. The molecule has 1 aromatic heterocycles. The van der Waals surface area contributed by atoms with Gasteiger partial charge in [0.15, 0.2) is 5.69 Å². The number of rotatable bonds is 2. The molecule has 8 nitrogen and oxygen atoms in total. The number of esters is 1. The fourth-order valence-corrected chi connectivity index (χ4v) is 2.46. The Morgan fingerprint density at radius 3 is 2.41 bits per heavy atom. The maximum absolute atomic E-state index is 14.3. The van der Waals surface area contributed by atoms with Gasteiger partial charge in [-0.25, -0.2) is 23.2 Å². The summed E-state index contributed by atoms with van der Waals surface area (Å²) in [4.78, 5) is 36.1. The van der Waals surface area contributed by atoms with E-state index in [9.17, 15) is 31.9 Å². The van der Waals surface area contributed by atoms with Crippen molar-refractivity contribution in [2.24, 2.45) is 0 Å². The maximum atomic E-state index is 14.3. The van der Waals surface area contributed by atoms with E-state index in [1.165, 1.54) is 6.07 Å². The van der Waals surface area contributed by atoms with Crippen molar-refractivity contribution in [3.63, 3.8) is 0 Å². The largest absolute Gasteiger partial charge is 0.465 e. The van der Waals surface area contributed by atoms with Gasteiger partial charge in [-0.2, -0.15) is 18.4 Å². The Balaban J connectivity index is 2.97. The summed E-state index contributed by atoms with van der Waals surface area (Å²) in [5, 5.41) is 7.45. The number of alkyl halides is 3. The minimum absolute atomic E-state index is 0.0967. The number of nitriles is 1. The normalized spacial score (nSPS) is 11.1. The highest BCUT2D eigenvalue weighted by Crippen LogP contribution is 2.31. The Bertz CT molecular complexity index is 1080. The Labute approximate surface area is 151 Å². The first-order chi connectivity index (χ1) is 12.4. The quantitative estimate of drug-likeness (QED) is 0.454. The van der Waals surface area contributed by atoms with Crippen LogP contribution in [0.2, 0.25) is 5.02 Å². The standard InChI is InChI=1S/C14H7ClF4N4O4/c1-27-12(25)6-3-8(7(16)2-5(6)4-20)22-11(24)9(15)10(14(17,18)19)23(21)13(22)26/h2-3H,21H2,1H3. The molecular weight excluding hydrogens is 400 g/mol. The van der Waals surface area contributed by atoms with E-state index in [1.54, 1.807) is 0 Å². The Morgan fingerprint density at radius 1 is 1.33 bits per heavy atom. The molecule has 0 aliphatic rings. The summed E-state index contributed by atoms with van der Waals surface area (Å²) < 4.78 is 57.0. The van der Waals surface area contributed by atoms with Gasteiger partial charge in [-0.1, -0.05) is 11.6 Å². The first-order valence-electron chi connectivity index (χ1n) is 6.67. The highest BCUT2D eigenvalue weighted by Gasteiger charge is 2.39. The fourth-order valence-electron chi connectivity index (χ4n) is 2.17. The zero-order chi connectivity index (χ0) is 20.7. The monoisotopic (exact) mass is 406 g/mol. The number of nitrogen functional groups attached to an aromatic ring is 1. The minimum atomic E-state index is -5.25. The number of aromatic nitrogens is 2. The highest BCUT2D eigenvalue weighted by molar-refractivity contribution is 6.31. The van der Waals surface area contributed by atoms with Gasteiger partial charge < -0.3 is 10.6 Å². The number of carbonyl (C=O) groups is 1. The van der Waals surface area contributed by atoms with Gasteiger partial charge in [-0.05, 0) is 12.1 Å². The van der Waals surface area contributed by atoms with E-state index < -0.39 is 61.4 Å². The van der Waals surface area contributed by atoms with Gasteiger partial charge in [0, 0.05) is 0 Å². The van der Waals surface area contributed by atoms with Crippen LogP contribution in [0.5, 0.6) is 0 Å². The molecule has 142 valence electrons. The lowest BCUT2D eigenvalue weighted by Crippen LogP contribution is -2.46. The number of nitrogens with two attached hydrogens (primary N) is 1. The molecule has 1 heterocycles. The van der Waals surface area contributed by atoms with Crippen LogP contribution in [0.4, 0.5) is 17.6 Å². The Kier molecular flexibility index (Phi) is 5.01. The van der Waals surface area contributed by atoms with Gasteiger partial charge in [0.05, 0.1) is 23.9 Å². The molecule has 0 fully saturated rings. The first-order valence-corrected chi connectivity index (χ1v) is 7.05. The zero-order valence-electron chi connectivity index (χ0n) is 13.1. The summed E-state index contributed by atoms with van der Waals surface area (Å²) in [5.74, 6) is 2.60. The third kappa shape index (κ3) is 3.24. The number of ether oxygens (including phenoxy) is 1. The van der Waals surface area contributed by atoms with Gasteiger partial charge in [0.1, 0.15) is 16.9 Å². The summed E-state index contributed by atoms with van der Waals surface area (Å²) in [6.45, 7) is 0. The Hall–Kier alpha value is -3.33. The van der Waals surface area contributed by atoms with Gasteiger partial charge in [0.25, 0.3) is 5.56 Å². The van der Waals surface area contributed by atoms with Crippen LogP contribution >= 0.6 is 11.6 Å². The zero-order valence-corrected chi connectivity index (χ0v) is 13.9. The SMILES string of the molecule is COC(=O)c1cc(-n2c(=O)c(Cl)c(C(F)(F)F)n(N)c2=O)c(F)cc1C#N. The van der Waals surface area contributed by atoms with Crippen molar-refractivity contribution < 1.29 is 27.1 Å². The van der Waals surface area contributed by atoms with Gasteiger partial charge in [-0.15, -0.1) is 0 Å². The number of benzene rings is 1. The maximum Gasteiger partial charge on any atom is 0.435 e. The van der Waals surface area contributed by atoms with Crippen LogP contribution < -0.4 is 17.1 Å². The van der Waals surface area contributed by atoms with Crippen molar-refractivity contribution in [1.82, 2.24) is 9.24 Å². The summed E-state index contributed by atoms with van der Waals surface area (Å²) in [7, 11) is 0.945. The van der Waals surface area contributed by atoms with Crippen LogP contribution in [0.15, 0.2) is 21.7 Å². The smallest absolute Gasteiger partial charge is 0.435 e. The van der Waals surface area contributed by atoms with E-state index in [0.717, 1.165) is 7.11 Å². The predicted molar refractivity (Wildman–Crippen MR) is 82.5 cm³/mol. The van der Waals surface area contributed by atoms with E-state index in [0.29, 0.717) is 12.1 Å². The number of carbonyl (C=O) groups excluding carboxylic acids is 1. The molecule has 0 amide bonds. The molecule has 0 aliphatic heterocycles. The van der Waals surface area contributed by atoms with E-state index in [4.69, 9.17) is 22.7 Å². The van der Waals surface area contributed by atoms with Crippen molar-refractivity contribution in [3.05, 3.63) is 60.6 Å². The molecule has 0 atom stereocenters. The third-order valence-corrected chi connectivity index (χ3v) is 3.70. The van der Waals surface area contributed by atoms with Gasteiger partial charge >= 0.3 is 17.8 Å². The molecule has 2 aromatic rings. The predicted octanol–water partition coefficient (Wildman–Crippen LogP) is 1.18. The minimum Gasteiger partial charge on any atom is -0.465 e. The molecule has 13 heteroatoms. The van der Waals surface area contributed by atoms with Crippen LogP contribution in [-0.4, -0.2) is 22.3 Å². The van der Waals surface area contributed by atoms with Crippen LogP contribution in [-0.2, 0) is 10.9 Å². The average molecular weight is 407 g/mol. The summed E-state index contributed by atoms with van der Waals surface area (Å²) in [6.07, 6.45) is -5.25. The molecule has 2 rings (SSSR count). The molecule has 0 radical (unpaired) electrons. The van der Waals surface area contributed by atoms with E-state index in [-0.39, 0.29) is 4.57 Å². The lowest BCUT2D eigenvalue weighted by molar-refractivity contribution is -0.143. The van der Waals surface area contributed by atoms with E-state index >= 15 is 0 Å². The van der Waals surface area contributed by atoms with Crippen molar-refractivity contribution in [2.45, 2.75) is 6.18 Å². The number of methoxy groups -OCH3 is 1. The lowest BCUT2D eigenvalue weighted by Gasteiger charge is -2.16. The van der Waals surface area contributed by atoms with Crippen LogP contribution in [0.25, 0.3) is 5.69 Å². The Morgan fingerprint density at radius 2 is 1.93 bits per heavy atom. The number of nitrogens with zero attached hydrogens (tertiary/aromatic N) is 3. The second-order valence-corrected chi connectivity index (χ2v) is 5.28. The molecule has 0 unspecified atom stereocenters. The van der Waals surface area contributed by atoms with Gasteiger partial charge in [-0.3, -0.25) is 4.79 Å². The van der Waals surface area contributed by atoms with Crippen LogP contribution in [0.1, 0.15) is 21.6 Å². The van der Waals surface area contributed by atoms with Crippen LogP contribution in [0.3, 0.4) is 0 Å².